The molecule has 0 N–H and O–H groups in total. The molecule has 5 rings (SSSR count). The van der Waals surface area contributed by atoms with Crippen molar-refractivity contribution in [3.8, 4) is 22.6 Å². The predicted octanol–water partition coefficient (Wildman–Crippen LogP) is 3.23. The third-order valence-electron chi connectivity index (χ3n) is 6.20. The number of piperidine rings is 1. The summed E-state index contributed by atoms with van der Waals surface area (Å²) in [5.74, 6) is 1.28. The molecule has 0 bridgehead atoms. The number of amides is 1. The highest BCUT2D eigenvalue weighted by molar-refractivity contribution is 5.74. The van der Waals surface area contributed by atoms with Gasteiger partial charge < -0.3 is 25.1 Å². The molecular weight excluding hydrogens is 442 g/mol. The van der Waals surface area contributed by atoms with E-state index in [0.717, 1.165) is 29.8 Å². The summed E-state index contributed by atoms with van der Waals surface area (Å²) in [4.78, 5) is 32.3. The van der Waals surface area contributed by atoms with Crippen LogP contribution in [0.5, 0.6) is 0 Å². The molecule has 1 saturated heterocycles. The lowest BCUT2D eigenvalue weighted by Crippen LogP contribution is -2.44. The van der Waals surface area contributed by atoms with Gasteiger partial charge in [-0.25, -0.2) is 0 Å². The van der Waals surface area contributed by atoms with Crippen molar-refractivity contribution >= 4 is 17.4 Å². The van der Waals surface area contributed by atoms with E-state index in [1.165, 1.54) is 0 Å². The first-order chi connectivity index (χ1) is 17.0. The average Bonchev–Trinajstić information content (AvgIpc) is 3.31. The maximum absolute atomic E-state index is 12.2. The van der Waals surface area contributed by atoms with Gasteiger partial charge in [-0.2, -0.15) is 0 Å². The van der Waals surface area contributed by atoms with E-state index in [1.807, 2.05) is 48.5 Å². The van der Waals surface area contributed by atoms with Gasteiger partial charge in [-0.3, -0.25) is 19.7 Å². The minimum atomic E-state index is 0.0200. The van der Waals surface area contributed by atoms with E-state index >= 15 is 0 Å². The van der Waals surface area contributed by atoms with Crippen LogP contribution in [0.4, 0.5) is 11.5 Å². The molecule has 3 aromatic heterocycles. The molecule has 10 heteroatoms. The molecule has 0 unspecified atom stereocenters. The molecule has 1 aromatic carbocycles. The first kappa shape index (κ1) is 22.6. The Kier molecular flexibility index (Phi) is 6.17. The van der Waals surface area contributed by atoms with Crippen LogP contribution in [0.1, 0.15) is 38.4 Å². The van der Waals surface area contributed by atoms with Crippen molar-refractivity contribution in [3.63, 3.8) is 0 Å². The highest BCUT2D eigenvalue weighted by Gasteiger charge is 2.28. The molecule has 2 atom stereocenters. The number of hydrogen-bond donors (Lipinski definition) is 0. The molecule has 178 valence electrons. The standard InChI is InChI=1S/C25H26N9O/c1-16-7-8-19(14-34(16)17(2)35)25-29-21(22-13-26-9-10-27-22)12-24(30-25)28-20-6-4-5-18(11-20)23-15-33(3)32-31-23/h4-6,9-13,15-16,19H,7-8,14H2,1-3H3/q-1/t16-,19+/m0/s1. The Morgan fingerprint density at radius 3 is 2.77 bits per heavy atom. The Morgan fingerprint density at radius 1 is 1.14 bits per heavy atom. The number of hydrogen-bond acceptors (Lipinski definition) is 6. The lowest BCUT2D eigenvalue weighted by atomic mass is 9.92. The van der Waals surface area contributed by atoms with E-state index in [2.05, 4.69) is 27.2 Å². The maximum Gasteiger partial charge on any atom is 0.219 e. The Hall–Kier alpha value is -4.21. The Balaban J connectivity index is 1.49. The molecule has 1 aliphatic rings. The monoisotopic (exact) mass is 468 g/mol. The summed E-state index contributed by atoms with van der Waals surface area (Å²) >= 11 is 0. The van der Waals surface area contributed by atoms with E-state index in [-0.39, 0.29) is 17.9 Å². The van der Waals surface area contributed by atoms with Gasteiger partial charge in [-0.15, -0.1) is 5.10 Å². The van der Waals surface area contributed by atoms with Gasteiger partial charge in [-0.1, -0.05) is 24.0 Å². The van der Waals surface area contributed by atoms with Gasteiger partial charge in [0.05, 0.1) is 18.9 Å². The van der Waals surface area contributed by atoms with Crippen molar-refractivity contribution in [3.05, 3.63) is 66.3 Å². The van der Waals surface area contributed by atoms with Crippen molar-refractivity contribution in [2.45, 2.75) is 38.6 Å². The molecule has 35 heavy (non-hydrogen) atoms. The molecule has 0 saturated carbocycles. The zero-order valence-corrected chi connectivity index (χ0v) is 19.9. The second-order valence-electron chi connectivity index (χ2n) is 8.79. The zero-order valence-electron chi connectivity index (χ0n) is 19.9. The second kappa shape index (κ2) is 9.57. The highest BCUT2D eigenvalue weighted by Crippen LogP contribution is 2.35. The van der Waals surface area contributed by atoms with Crippen molar-refractivity contribution in [1.82, 2.24) is 35.1 Å². The Bertz CT molecular complexity index is 1340. The summed E-state index contributed by atoms with van der Waals surface area (Å²) in [7, 11) is 1.83. The van der Waals surface area contributed by atoms with Gasteiger partial charge >= 0.3 is 0 Å². The summed E-state index contributed by atoms with van der Waals surface area (Å²) in [6.07, 6.45) is 8.60. The Labute approximate surface area is 203 Å². The lowest BCUT2D eigenvalue weighted by molar-refractivity contribution is -0.735. The number of benzene rings is 1. The molecule has 4 heterocycles. The van der Waals surface area contributed by atoms with Crippen LogP contribution in [-0.2, 0) is 11.8 Å². The molecule has 4 aromatic rings. The van der Waals surface area contributed by atoms with Crippen LogP contribution in [-0.4, -0.2) is 48.4 Å². The number of nitrogens with zero attached hydrogens (tertiary/aromatic N) is 9. The number of aromatic nitrogens is 7. The van der Waals surface area contributed by atoms with Gasteiger partial charge in [0, 0.05) is 49.2 Å². The zero-order chi connectivity index (χ0) is 24.4. The number of carbonyl (C=O) groups is 1. The highest BCUT2D eigenvalue weighted by atomic mass is 16.2. The Morgan fingerprint density at radius 2 is 2.03 bits per heavy atom. The topological polar surface area (TPSA) is 117 Å². The first-order valence-electron chi connectivity index (χ1n) is 11.6. The van der Waals surface area contributed by atoms with Crippen LogP contribution in [0.15, 0.2) is 55.1 Å². The van der Waals surface area contributed by atoms with Crippen LogP contribution >= 0.6 is 0 Å². The van der Waals surface area contributed by atoms with Crippen LogP contribution < -0.4 is 9.90 Å². The summed E-state index contributed by atoms with van der Waals surface area (Å²) in [5.41, 5.74) is 3.73. The lowest BCUT2D eigenvalue weighted by Gasteiger charge is -2.38. The number of aryl methyl sites for hydroxylation is 1. The second-order valence-corrected chi connectivity index (χ2v) is 8.79. The van der Waals surface area contributed by atoms with E-state index in [0.29, 0.717) is 29.6 Å². The van der Waals surface area contributed by atoms with E-state index < -0.39 is 0 Å². The number of likely N-dealkylation sites (tertiary alicyclic amines) is 1. The van der Waals surface area contributed by atoms with Crippen LogP contribution in [0.3, 0.4) is 0 Å². The first-order valence-corrected chi connectivity index (χ1v) is 11.6. The molecule has 0 aliphatic carbocycles. The van der Waals surface area contributed by atoms with Gasteiger partial charge in [0.25, 0.3) is 0 Å². The van der Waals surface area contributed by atoms with Crippen LogP contribution in [0.2, 0.25) is 0 Å². The molecule has 10 nitrogen and oxygen atoms in total. The molecule has 1 fully saturated rings. The fourth-order valence-electron chi connectivity index (χ4n) is 4.36. The average molecular weight is 469 g/mol. The van der Waals surface area contributed by atoms with Crippen molar-refractivity contribution in [2.24, 2.45) is 7.05 Å². The summed E-state index contributed by atoms with van der Waals surface area (Å²) in [6, 6.07) is 9.80. The third kappa shape index (κ3) is 5.01. The number of carbonyl (C=O) groups excluding carboxylic acids is 1. The quantitative estimate of drug-likeness (QED) is 0.413. The minimum absolute atomic E-state index is 0.0200. The summed E-state index contributed by atoms with van der Waals surface area (Å²) in [6.45, 7) is 4.28. The van der Waals surface area contributed by atoms with Gasteiger partial charge in [0.1, 0.15) is 11.9 Å². The number of rotatable bonds is 5. The maximum atomic E-state index is 12.2. The van der Waals surface area contributed by atoms with Crippen molar-refractivity contribution in [2.75, 3.05) is 6.54 Å². The fraction of sp³-hybridized carbons (Fsp3) is 0.320. The minimum Gasteiger partial charge on any atom is -0.436 e. The van der Waals surface area contributed by atoms with Crippen molar-refractivity contribution < 1.29 is 9.48 Å². The predicted molar refractivity (Wildman–Crippen MR) is 129 cm³/mol. The van der Waals surface area contributed by atoms with Crippen LogP contribution in [0, 0.1) is 0 Å². The van der Waals surface area contributed by atoms with Gasteiger partial charge in [0.2, 0.25) is 11.6 Å². The van der Waals surface area contributed by atoms with E-state index in [1.54, 1.807) is 30.2 Å². The molecule has 0 radical (unpaired) electrons. The molecule has 0 spiro atoms. The van der Waals surface area contributed by atoms with E-state index in [9.17, 15) is 4.79 Å². The van der Waals surface area contributed by atoms with Gasteiger partial charge in [-0.05, 0) is 37.6 Å². The normalized spacial score (nSPS) is 17.9. The summed E-state index contributed by atoms with van der Waals surface area (Å²) < 4.78 is 1.67. The molecule has 1 amide bonds. The summed E-state index contributed by atoms with van der Waals surface area (Å²) in [5, 5.41) is 13.0. The van der Waals surface area contributed by atoms with Crippen molar-refractivity contribution in [1.29, 1.82) is 0 Å². The van der Waals surface area contributed by atoms with Gasteiger partial charge in [0.15, 0.2) is 0 Å². The molecular formula is C25H26N9O-. The third-order valence-corrected chi connectivity index (χ3v) is 6.20. The van der Waals surface area contributed by atoms with Crippen LogP contribution in [0.25, 0.3) is 28.0 Å². The van der Waals surface area contributed by atoms with E-state index in [4.69, 9.17) is 15.3 Å². The SMILES string of the molecule is CC(=O)N1C[C@H](c2nc([N-]c3cccc(-c4c[n+](C)[n-]n4)c3)cc(-c3cnccn3)n2)CC[C@@H]1C. The largest absolute Gasteiger partial charge is 0.436 e. The fourth-order valence-corrected chi connectivity index (χ4v) is 4.36. The molecule has 1 aliphatic heterocycles. The smallest absolute Gasteiger partial charge is 0.219 e.